The number of aromatic amines is 1. The second-order valence-corrected chi connectivity index (χ2v) is 3.06. The molecule has 0 aliphatic heterocycles. The van der Waals surface area contributed by atoms with E-state index in [0.29, 0.717) is 0 Å². The number of nitrogens with one attached hydrogen (secondary N) is 1. The van der Waals surface area contributed by atoms with Crippen molar-refractivity contribution in [2.75, 3.05) is 0 Å². The normalized spacial score (nSPS) is 12.1. The molecule has 0 spiro atoms. The predicted octanol–water partition coefficient (Wildman–Crippen LogP) is 2.25. The molecule has 0 amide bonds. The Morgan fingerprint density at radius 3 is 2.75 bits per heavy atom. The molecule has 0 radical (unpaired) electrons. The summed E-state index contributed by atoms with van der Waals surface area (Å²) in [6.07, 6.45) is 6.52. The maximum absolute atomic E-state index is 10.6. The first-order valence-corrected chi connectivity index (χ1v) is 4.03. The van der Waals surface area contributed by atoms with Crippen LogP contribution < -0.4 is 0 Å². The Hall–Kier alpha value is -1.31. The zero-order valence-electron chi connectivity index (χ0n) is 7.37. The van der Waals surface area contributed by atoms with Crippen molar-refractivity contribution in [2.45, 2.75) is 13.8 Å². The molecule has 1 aromatic heterocycles. The molecule has 64 valence electrons. The van der Waals surface area contributed by atoms with Gasteiger partial charge in [-0.05, 0) is 29.2 Å². The van der Waals surface area contributed by atoms with E-state index >= 15 is 0 Å². The third kappa shape index (κ3) is 2.09. The lowest BCUT2D eigenvalue weighted by Gasteiger charge is -2.01. The first-order chi connectivity index (χ1) is 5.74. The predicted molar refractivity (Wildman–Crippen MR) is 49.7 cm³/mol. The molecule has 1 aromatic rings. The second kappa shape index (κ2) is 3.90. The monoisotopic (exact) mass is 163 g/mol. The van der Waals surface area contributed by atoms with E-state index in [1.165, 1.54) is 0 Å². The van der Waals surface area contributed by atoms with E-state index < -0.39 is 0 Å². The van der Waals surface area contributed by atoms with Gasteiger partial charge < -0.3 is 4.98 Å². The summed E-state index contributed by atoms with van der Waals surface area (Å²) in [6.45, 7) is 4.01. The van der Waals surface area contributed by atoms with Crippen LogP contribution in [0.15, 0.2) is 24.0 Å². The molecule has 0 aliphatic rings. The average Bonchev–Trinajstić information content (AvgIpc) is 2.51. The van der Waals surface area contributed by atoms with Crippen LogP contribution in [0, 0.1) is 5.92 Å². The summed E-state index contributed by atoms with van der Waals surface area (Å²) in [6, 6.07) is 1.94. The Kier molecular flexibility index (Phi) is 2.86. The molecule has 0 saturated carbocycles. The van der Waals surface area contributed by atoms with Gasteiger partial charge in [0.1, 0.15) is 6.29 Å². The third-order valence-electron chi connectivity index (χ3n) is 1.76. The minimum Gasteiger partial charge on any atom is -0.367 e. The number of carbonyl (C=O) groups is 1. The van der Waals surface area contributed by atoms with E-state index in [9.17, 15) is 4.79 Å². The Morgan fingerprint density at radius 1 is 1.58 bits per heavy atom. The van der Waals surface area contributed by atoms with Gasteiger partial charge in [0.25, 0.3) is 0 Å². The second-order valence-electron chi connectivity index (χ2n) is 3.06. The number of hydrogen-bond acceptors (Lipinski definition) is 1. The molecule has 0 bridgehead atoms. The fourth-order valence-electron chi connectivity index (χ4n) is 0.956. The van der Waals surface area contributed by atoms with Crippen molar-refractivity contribution in [3.63, 3.8) is 0 Å². The van der Waals surface area contributed by atoms with Gasteiger partial charge in [0, 0.05) is 12.4 Å². The molecule has 12 heavy (non-hydrogen) atoms. The molecule has 0 aromatic carbocycles. The molecule has 0 unspecified atom stereocenters. The zero-order valence-corrected chi connectivity index (χ0v) is 7.37. The van der Waals surface area contributed by atoms with Gasteiger partial charge >= 0.3 is 0 Å². The minimum absolute atomic E-state index is 0.289. The summed E-state index contributed by atoms with van der Waals surface area (Å²) < 4.78 is 0. The zero-order chi connectivity index (χ0) is 8.97. The fourth-order valence-corrected chi connectivity index (χ4v) is 0.956. The highest BCUT2D eigenvalue weighted by Crippen LogP contribution is 2.11. The first kappa shape index (κ1) is 8.78. The molecule has 0 saturated heterocycles. The number of hydrogen-bond donors (Lipinski definition) is 1. The van der Waals surface area contributed by atoms with E-state index in [-0.39, 0.29) is 5.92 Å². The highest BCUT2D eigenvalue weighted by Gasteiger charge is 2.00. The summed E-state index contributed by atoms with van der Waals surface area (Å²) in [5.74, 6) is 0.289. The van der Waals surface area contributed by atoms with E-state index in [4.69, 9.17) is 0 Å². The van der Waals surface area contributed by atoms with Crippen LogP contribution >= 0.6 is 0 Å². The van der Waals surface area contributed by atoms with Gasteiger partial charge in [-0.15, -0.1) is 0 Å². The van der Waals surface area contributed by atoms with Crippen LogP contribution in [0.2, 0.25) is 0 Å². The van der Waals surface area contributed by atoms with Crippen molar-refractivity contribution >= 4 is 12.4 Å². The Morgan fingerprint density at radius 2 is 2.33 bits per heavy atom. The van der Waals surface area contributed by atoms with Crippen molar-refractivity contribution in [3.05, 3.63) is 29.6 Å². The lowest BCUT2D eigenvalue weighted by molar-refractivity contribution is -0.105. The van der Waals surface area contributed by atoms with Crippen LogP contribution in [0.1, 0.15) is 19.4 Å². The van der Waals surface area contributed by atoms with Gasteiger partial charge in [-0.2, -0.15) is 0 Å². The molecule has 0 atom stereocenters. The minimum atomic E-state index is 0.289. The topological polar surface area (TPSA) is 32.9 Å². The standard InChI is InChI=1S/C10H13NO/c1-8(2)10(7-12)5-9-3-4-11-6-9/h3-8,11H,1-2H3. The first-order valence-electron chi connectivity index (χ1n) is 4.03. The van der Waals surface area contributed by atoms with Gasteiger partial charge in [0.15, 0.2) is 0 Å². The maximum Gasteiger partial charge on any atom is 0.146 e. The van der Waals surface area contributed by atoms with Gasteiger partial charge in [-0.1, -0.05) is 13.8 Å². The lowest BCUT2D eigenvalue weighted by Crippen LogP contribution is -1.94. The van der Waals surface area contributed by atoms with Gasteiger partial charge in [-0.25, -0.2) is 0 Å². The van der Waals surface area contributed by atoms with Crippen molar-refractivity contribution in [2.24, 2.45) is 5.92 Å². The van der Waals surface area contributed by atoms with Crippen LogP contribution in [-0.4, -0.2) is 11.3 Å². The average molecular weight is 163 g/mol. The van der Waals surface area contributed by atoms with Crippen molar-refractivity contribution < 1.29 is 4.79 Å². The van der Waals surface area contributed by atoms with Crippen molar-refractivity contribution in [1.82, 2.24) is 4.98 Å². The Bertz CT molecular complexity index is 270. The van der Waals surface area contributed by atoms with Gasteiger partial charge in [-0.3, -0.25) is 4.79 Å². The SMILES string of the molecule is CC(C)C(C=O)=Cc1cc[nH]c1. The summed E-state index contributed by atoms with van der Waals surface area (Å²) in [4.78, 5) is 13.5. The Labute approximate surface area is 72.3 Å². The summed E-state index contributed by atoms with van der Waals surface area (Å²) in [5.41, 5.74) is 1.88. The van der Waals surface area contributed by atoms with E-state index in [0.717, 1.165) is 17.4 Å². The fraction of sp³-hybridized carbons (Fsp3) is 0.300. The maximum atomic E-state index is 10.6. The highest BCUT2D eigenvalue weighted by atomic mass is 16.1. The molecule has 2 nitrogen and oxygen atoms in total. The van der Waals surface area contributed by atoms with E-state index in [1.54, 1.807) is 0 Å². The van der Waals surface area contributed by atoms with Gasteiger partial charge in [0.2, 0.25) is 0 Å². The number of aromatic nitrogens is 1. The van der Waals surface area contributed by atoms with Crippen LogP contribution in [-0.2, 0) is 4.79 Å². The number of allylic oxidation sites excluding steroid dienone is 1. The number of rotatable bonds is 3. The summed E-state index contributed by atoms with van der Waals surface area (Å²) >= 11 is 0. The van der Waals surface area contributed by atoms with Gasteiger partial charge in [0.05, 0.1) is 0 Å². The molecule has 1 rings (SSSR count). The third-order valence-corrected chi connectivity index (χ3v) is 1.76. The van der Waals surface area contributed by atoms with Crippen LogP contribution in [0.5, 0.6) is 0 Å². The summed E-state index contributed by atoms with van der Waals surface area (Å²) in [5, 5.41) is 0. The van der Waals surface area contributed by atoms with Crippen LogP contribution in [0.25, 0.3) is 6.08 Å². The smallest absolute Gasteiger partial charge is 0.146 e. The van der Waals surface area contributed by atoms with E-state index in [2.05, 4.69) is 4.98 Å². The highest BCUT2D eigenvalue weighted by molar-refractivity contribution is 5.82. The molecule has 2 heteroatoms. The lowest BCUT2D eigenvalue weighted by atomic mass is 10.0. The molecule has 1 N–H and O–H groups in total. The molecular formula is C10H13NO. The number of H-pyrrole nitrogens is 1. The number of carbonyl (C=O) groups excluding carboxylic acids is 1. The largest absolute Gasteiger partial charge is 0.367 e. The molecular weight excluding hydrogens is 150 g/mol. The van der Waals surface area contributed by atoms with E-state index in [1.807, 2.05) is 38.4 Å². The molecule has 1 heterocycles. The Balaban J connectivity index is 2.85. The molecule has 0 aliphatic carbocycles. The quantitative estimate of drug-likeness (QED) is 0.538. The number of aldehydes is 1. The van der Waals surface area contributed by atoms with Crippen LogP contribution in [0.3, 0.4) is 0 Å². The molecule has 0 fully saturated rings. The van der Waals surface area contributed by atoms with Crippen molar-refractivity contribution in [3.8, 4) is 0 Å². The summed E-state index contributed by atoms with van der Waals surface area (Å²) in [7, 11) is 0. The van der Waals surface area contributed by atoms with Crippen molar-refractivity contribution in [1.29, 1.82) is 0 Å². The van der Waals surface area contributed by atoms with Crippen LogP contribution in [0.4, 0.5) is 0 Å².